The van der Waals surface area contributed by atoms with E-state index >= 15 is 0 Å². The maximum atomic E-state index is 13.3. The van der Waals surface area contributed by atoms with Crippen LogP contribution in [0.2, 0.25) is 0 Å². The van der Waals surface area contributed by atoms with Gasteiger partial charge in [0.1, 0.15) is 17.1 Å². The number of hydrogen-bond donors (Lipinski definition) is 0. The van der Waals surface area contributed by atoms with Crippen molar-refractivity contribution in [1.29, 1.82) is 0 Å². The summed E-state index contributed by atoms with van der Waals surface area (Å²) in [5.74, 6) is -1.32. The van der Waals surface area contributed by atoms with Gasteiger partial charge in [0.15, 0.2) is 11.7 Å². The highest BCUT2D eigenvalue weighted by Gasteiger charge is 2.22. The number of fused-ring (bicyclic) bond motifs is 1. The van der Waals surface area contributed by atoms with Gasteiger partial charge in [0.2, 0.25) is 0 Å². The van der Waals surface area contributed by atoms with E-state index in [1.807, 2.05) is 18.2 Å². The Morgan fingerprint density at radius 3 is 2.79 bits per heavy atom. The maximum Gasteiger partial charge on any atom is 0.317 e. The summed E-state index contributed by atoms with van der Waals surface area (Å²) in [5, 5.41) is 0.361. The van der Waals surface area contributed by atoms with E-state index in [2.05, 4.69) is 4.98 Å². The molecule has 6 nitrogen and oxygen atoms in total. The molecule has 1 heterocycles. The molecule has 2 aromatic carbocycles. The average Bonchev–Trinajstić information content (AvgIpc) is 3.08. The van der Waals surface area contributed by atoms with Crippen LogP contribution in [0.15, 0.2) is 58.2 Å². The first-order valence-corrected chi connectivity index (χ1v) is 9.58. The van der Waals surface area contributed by atoms with E-state index in [4.69, 9.17) is 9.15 Å². The summed E-state index contributed by atoms with van der Waals surface area (Å²) in [6, 6.07) is 13.3. The number of carbonyl (C=O) groups is 2. The summed E-state index contributed by atoms with van der Waals surface area (Å²) in [5.41, 5.74) is 2.00. The molecule has 3 aromatic rings. The van der Waals surface area contributed by atoms with Crippen molar-refractivity contribution >= 4 is 34.7 Å². The number of likely N-dealkylation sites (N-methyl/N-ethyl adjacent to an activating group) is 1. The first-order valence-electron chi connectivity index (χ1n) is 8.59. The van der Waals surface area contributed by atoms with Gasteiger partial charge in [0, 0.05) is 13.6 Å². The number of benzene rings is 2. The standard InChI is InChI=1S/C20H19FN2O4S/c1-13(19(25)23(2)11-14-6-5-7-15(21)10-14)26-18(24)12-28-20-22-16-8-3-4-9-17(16)27-20/h3-10,13H,11-12H2,1-2H3/t13-/m1/s1. The van der Waals surface area contributed by atoms with Crippen molar-refractivity contribution in [2.45, 2.75) is 24.8 Å². The fraction of sp³-hybridized carbons (Fsp3) is 0.250. The van der Waals surface area contributed by atoms with E-state index in [1.54, 1.807) is 25.2 Å². The van der Waals surface area contributed by atoms with Crippen LogP contribution >= 0.6 is 11.8 Å². The first kappa shape index (κ1) is 19.9. The number of halogens is 1. The second kappa shape index (κ2) is 8.88. The number of amides is 1. The molecule has 1 amide bonds. The number of thioether (sulfide) groups is 1. The molecule has 0 fully saturated rings. The Morgan fingerprint density at radius 1 is 1.25 bits per heavy atom. The summed E-state index contributed by atoms with van der Waals surface area (Å²) in [6.07, 6.45) is -0.949. The fourth-order valence-corrected chi connectivity index (χ4v) is 3.23. The van der Waals surface area contributed by atoms with Gasteiger partial charge in [0.05, 0.1) is 0 Å². The molecule has 1 aromatic heterocycles. The lowest BCUT2D eigenvalue weighted by Gasteiger charge is -2.21. The van der Waals surface area contributed by atoms with Crippen LogP contribution in [-0.4, -0.2) is 40.7 Å². The van der Waals surface area contributed by atoms with Gasteiger partial charge in [-0.25, -0.2) is 9.37 Å². The van der Waals surface area contributed by atoms with Gasteiger partial charge < -0.3 is 14.1 Å². The first-order chi connectivity index (χ1) is 13.4. The zero-order valence-electron chi connectivity index (χ0n) is 15.4. The minimum Gasteiger partial charge on any atom is -0.452 e. The van der Waals surface area contributed by atoms with E-state index < -0.39 is 12.1 Å². The second-order valence-corrected chi connectivity index (χ2v) is 7.12. The van der Waals surface area contributed by atoms with Crippen LogP contribution in [0.3, 0.4) is 0 Å². The minimum absolute atomic E-state index is 0.0297. The number of rotatable bonds is 7. The third-order valence-corrected chi connectivity index (χ3v) is 4.73. The van der Waals surface area contributed by atoms with Gasteiger partial charge in [-0.1, -0.05) is 36.0 Å². The van der Waals surface area contributed by atoms with Crippen LogP contribution < -0.4 is 0 Å². The zero-order chi connectivity index (χ0) is 20.1. The fourth-order valence-electron chi connectivity index (χ4n) is 2.61. The van der Waals surface area contributed by atoms with Crippen LogP contribution in [0.25, 0.3) is 11.1 Å². The van der Waals surface area contributed by atoms with Crippen molar-refractivity contribution in [3.8, 4) is 0 Å². The minimum atomic E-state index is -0.949. The van der Waals surface area contributed by atoms with Crippen molar-refractivity contribution in [3.63, 3.8) is 0 Å². The molecule has 0 spiro atoms. The van der Waals surface area contributed by atoms with Crippen molar-refractivity contribution in [1.82, 2.24) is 9.88 Å². The molecule has 1 atom stereocenters. The molecule has 0 radical (unpaired) electrons. The number of carbonyl (C=O) groups excluding carboxylic acids is 2. The molecule has 0 saturated carbocycles. The number of aromatic nitrogens is 1. The van der Waals surface area contributed by atoms with E-state index in [0.29, 0.717) is 21.9 Å². The Labute approximate surface area is 165 Å². The third kappa shape index (κ3) is 5.10. The normalized spacial score (nSPS) is 12.0. The highest BCUT2D eigenvalue weighted by molar-refractivity contribution is 7.99. The molecular formula is C20H19FN2O4S. The molecule has 146 valence electrons. The topological polar surface area (TPSA) is 72.6 Å². The molecular weight excluding hydrogens is 383 g/mol. The number of ether oxygens (including phenoxy) is 1. The summed E-state index contributed by atoms with van der Waals surface area (Å²) in [6.45, 7) is 1.72. The number of hydrogen-bond acceptors (Lipinski definition) is 6. The van der Waals surface area contributed by atoms with Crippen molar-refractivity contribution in [3.05, 3.63) is 59.9 Å². The van der Waals surface area contributed by atoms with Gasteiger partial charge >= 0.3 is 5.97 Å². The highest BCUT2D eigenvalue weighted by Crippen LogP contribution is 2.23. The van der Waals surface area contributed by atoms with Crippen LogP contribution in [0.5, 0.6) is 0 Å². The van der Waals surface area contributed by atoms with Gasteiger partial charge in [0.25, 0.3) is 11.1 Å². The van der Waals surface area contributed by atoms with E-state index in [0.717, 1.165) is 11.8 Å². The Hall–Kier alpha value is -2.87. The van der Waals surface area contributed by atoms with E-state index in [1.165, 1.54) is 24.0 Å². The number of oxazole rings is 1. The number of para-hydroxylation sites is 2. The predicted octanol–water partition coefficient (Wildman–Crippen LogP) is 3.65. The molecule has 0 bridgehead atoms. The SMILES string of the molecule is C[C@@H](OC(=O)CSc1nc2ccccc2o1)C(=O)N(C)Cc1cccc(F)c1. The van der Waals surface area contributed by atoms with Crippen molar-refractivity contribution in [2.75, 3.05) is 12.8 Å². The second-order valence-electron chi connectivity index (χ2n) is 6.19. The lowest BCUT2D eigenvalue weighted by molar-refractivity contribution is -0.156. The molecule has 28 heavy (non-hydrogen) atoms. The molecule has 0 N–H and O–H groups in total. The van der Waals surface area contributed by atoms with Crippen LogP contribution in [0.4, 0.5) is 4.39 Å². The van der Waals surface area contributed by atoms with Crippen molar-refractivity contribution < 1.29 is 23.1 Å². The highest BCUT2D eigenvalue weighted by atomic mass is 32.2. The van der Waals surface area contributed by atoms with Gasteiger partial charge in [-0.05, 0) is 36.8 Å². The van der Waals surface area contributed by atoms with Gasteiger partial charge in [-0.2, -0.15) is 0 Å². The molecule has 3 rings (SSSR count). The van der Waals surface area contributed by atoms with Crippen LogP contribution in [0, 0.1) is 5.82 Å². The summed E-state index contributed by atoms with van der Waals surface area (Å²) < 4.78 is 24.0. The third-order valence-electron chi connectivity index (χ3n) is 3.93. The molecule has 0 aliphatic rings. The van der Waals surface area contributed by atoms with E-state index in [9.17, 15) is 14.0 Å². The maximum absolute atomic E-state index is 13.3. The predicted molar refractivity (Wildman–Crippen MR) is 103 cm³/mol. The van der Waals surface area contributed by atoms with Crippen LogP contribution in [0.1, 0.15) is 12.5 Å². The van der Waals surface area contributed by atoms with Crippen molar-refractivity contribution in [2.24, 2.45) is 0 Å². The largest absolute Gasteiger partial charge is 0.452 e. The molecule has 0 unspecified atom stereocenters. The molecule has 0 saturated heterocycles. The summed E-state index contributed by atoms with van der Waals surface area (Å²) in [4.78, 5) is 30.1. The number of esters is 1. The van der Waals surface area contributed by atoms with Gasteiger partial charge in [-0.3, -0.25) is 9.59 Å². The molecule has 0 aliphatic carbocycles. The average molecular weight is 402 g/mol. The molecule has 8 heteroatoms. The Balaban J connectivity index is 1.49. The smallest absolute Gasteiger partial charge is 0.317 e. The lowest BCUT2D eigenvalue weighted by atomic mass is 10.2. The molecule has 0 aliphatic heterocycles. The number of nitrogens with zero attached hydrogens (tertiary/aromatic N) is 2. The Morgan fingerprint density at radius 2 is 2.04 bits per heavy atom. The summed E-state index contributed by atoms with van der Waals surface area (Å²) >= 11 is 1.10. The summed E-state index contributed by atoms with van der Waals surface area (Å²) in [7, 11) is 1.57. The van der Waals surface area contributed by atoms with Crippen LogP contribution in [-0.2, 0) is 20.9 Å². The van der Waals surface area contributed by atoms with E-state index in [-0.39, 0.29) is 24.0 Å². The van der Waals surface area contributed by atoms with Gasteiger partial charge in [-0.15, -0.1) is 0 Å². The zero-order valence-corrected chi connectivity index (χ0v) is 16.2. The quantitative estimate of drug-likeness (QED) is 0.444. The Kier molecular flexibility index (Phi) is 6.30. The lowest BCUT2D eigenvalue weighted by Crippen LogP contribution is -2.37. The Bertz CT molecular complexity index is 958. The monoisotopic (exact) mass is 402 g/mol.